The molecule has 2 aromatic carbocycles. The predicted molar refractivity (Wildman–Crippen MR) is 92.9 cm³/mol. The van der Waals surface area contributed by atoms with E-state index in [0.29, 0.717) is 6.42 Å². The standard InChI is InChI=1S/C19H22N2O2/c20-17-5-1-15(2-6-17)19(9-12-22)16-3-7-18(8-4-16)21-10-13-23-14-11-21/h1-8,12,19H,9-11,13-14,20H2. The second-order valence-electron chi connectivity index (χ2n) is 5.81. The van der Waals surface area contributed by atoms with E-state index in [1.54, 1.807) is 0 Å². The summed E-state index contributed by atoms with van der Waals surface area (Å²) in [5, 5.41) is 0. The van der Waals surface area contributed by atoms with Crippen molar-refractivity contribution in [3.8, 4) is 0 Å². The molecule has 0 bridgehead atoms. The van der Waals surface area contributed by atoms with E-state index in [4.69, 9.17) is 10.5 Å². The monoisotopic (exact) mass is 310 g/mol. The fraction of sp³-hybridized carbons (Fsp3) is 0.316. The van der Waals surface area contributed by atoms with Gasteiger partial charge in [0.25, 0.3) is 0 Å². The van der Waals surface area contributed by atoms with Crippen molar-refractivity contribution in [2.45, 2.75) is 12.3 Å². The smallest absolute Gasteiger partial charge is 0.120 e. The van der Waals surface area contributed by atoms with Crippen LogP contribution in [0, 0.1) is 0 Å². The topological polar surface area (TPSA) is 55.6 Å². The van der Waals surface area contributed by atoms with E-state index in [1.165, 1.54) is 5.69 Å². The number of rotatable bonds is 5. The Morgan fingerprint density at radius 3 is 2.13 bits per heavy atom. The van der Waals surface area contributed by atoms with Crippen LogP contribution in [0.1, 0.15) is 23.5 Å². The zero-order chi connectivity index (χ0) is 16.1. The van der Waals surface area contributed by atoms with Crippen LogP contribution in [0.4, 0.5) is 11.4 Å². The van der Waals surface area contributed by atoms with Gasteiger partial charge in [0.2, 0.25) is 0 Å². The van der Waals surface area contributed by atoms with Crippen molar-refractivity contribution in [2.24, 2.45) is 0 Å². The van der Waals surface area contributed by atoms with Gasteiger partial charge in [0.05, 0.1) is 13.2 Å². The molecule has 0 saturated carbocycles. The number of ether oxygens (including phenoxy) is 1. The van der Waals surface area contributed by atoms with Crippen LogP contribution < -0.4 is 10.6 Å². The Morgan fingerprint density at radius 2 is 1.57 bits per heavy atom. The van der Waals surface area contributed by atoms with Gasteiger partial charge in [0.15, 0.2) is 0 Å². The van der Waals surface area contributed by atoms with E-state index in [-0.39, 0.29) is 5.92 Å². The minimum absolute atomic E-state index is 0.0758. The summed E-state index contributed by atoms with van der Waals surface area (Å²) in [5.74, 6) is 0.0758. The molecule has 1 heterocycles. The number of nitrogens with zero attached hydrogens (tertiary/aromatic N) is 1. The summed E-state index contributed by atoms with van der Waals surface area (Å²) < 4.78 is 5.39. The molecule has 1 aliphatic heterocycles. The summed E-state index contributed by atoms with van der Waals surface area (Å²) in [4.78, 5) is 13.4. The van der Waals surface area contributed by atoms with Crippen LogP contribution in [0.5, 0.6) is 0 Å². The van der Waals surface area contributed by atoms with E-state index >= 15 is 0 Å². The lowest BCUT2D eigenvalue weighted by atomic mass is 9.89. The molecule has 4 heteroatoms. The minimum Gasteiger partial charge on any atom is -0.399 e. The number of benzene rings is 2. The fourth-order valence-electron chi connectivity index (χ4n) is 3.03. The van der Waals surface area contributed by atoms with E-state index in [9.17, 15) is 4.79 Å². The Bertz CT molecular complexity index is 631. The molecule has 2 N–H and O–H groups in total. The summed E-state index contributed by atoms with van der Waals surface area (Å²) in [7, 11) is 0. The Kier molecular flexibility index (Phi) is 4.93. The first-order chi connectivity index (χ1) is 11.3. The maximum atomic E-state index is 11.1. The highest BCUT2D eigenvalue weighted by molar-refractivity contribution is 5.56. The van der Waals surface area contributed by atoms with Crippen LogP contribution in [0.3, 0.4) is 0 Å². The van der Waals surface area contributed by atoms with Crippen LogP contribution in [0.25, 0.3) is 0 Å². The average Bonchev–Trinajstić information content (AvgIpc) is 2.62. The molecule has 1 atom stereocenters. The molecule has 120 valence electrons. The molecule has 1 saturated heterocycles. The maximum Gasteiger partial charge on any atom is 0.120 e. The minimum atomic E-state index is 0.0758. The van der Waals surface area contributed by atoms with Gasteiger partial charge in [-0.1, -0.05) is 24.3 Å². The van der Waals surface area contributed by atoms with Crippen LogP contribution in [0.15, 0.2) is 48.5 Å². The van der Waals surface area contributed by atoms with Crippen LogP contribution in [-0.4, -0.2) is 32.6 Å². The molecule has 0 amide bonds. The van der Waals surface area contributed by atoms with Gasteiger partial charge in [-0.3, -0.25) is 0 Å². The average molecular weight is 310 g/mol. The van der Waals surface area contributed by atoms with Gasteiger partial charge in [0.1, 0.15) is 6.29 Å². The van der Waals surface area contributed by atoms with Crippen molar-refractivity contribution < 1.29 is 9.53 Å². The van der Waals surface area contributed by atoms with Gasteiger partial charge in [-0.15, -0.1) is 0 Å². The number of aldehydes is 1. The molecule has 2 aromatic rings. The SMILES string of the molecule is Nc1ccc(C(CC=O)c2ccc(N3CCOCC3)cc2)cc1. The van der Waals surface area contributed by atoms with Gasteiger partial charge in [-0.05, 0) is 35.4 Å². The van der Waals surface area contributed by atoms with Crippen LogP contribution in [0.2, 0.25) is 0 Å². The predicted octanol–water partition coefficient (Wildman–Crippen LogP) is 2.83. The van der Waals surface area contributed by atoms with Gasteiger partial charge in [0, 0.05) is 36.8 Å². The number of anilines is 2. The van der Waals surface area contributed by atoms with Crippen molar-refractivity contribution in [1.82, 2.24) is 0 Å². The van der Waals surface area contributed by atoms with Crippen LogP contribution >= 0.6 is 0 Å². The molecule has 1 fully saturated rings. The zero-order valence-corrected chi connectivity index (χ0v) is 13.2. The van der Waals surface area contributed by atoms with Gasteiger partial charge < -0.3 is 20.2 Å². The summed E-state index contributed by atoms with van der Waals surface area (Å²) in [6.07, 6.45) is 1.46. The highest BCUT2D eigenvalue weighted by Crippen LogP contribution is 2.29. The molecule has 0 aromatic heterocycles. The number of nitrogen functional groups attached to an aromatic ring is 1. The highest BCUT2D eigenvalue weighted by atomic mass is 16.5. The largest absolute Gasteiger partial charge is 0.399 e. The third-order valence-corrected chi connectivity index (χ3v) is 4.34. The summed E-state index contributed by atoms with van der Waals surface area (Å²) >= 11 is 0. The molecular formula is C19H22N2O2. The second kappa shape index (κ2) is 7.29. The number of morpholine rings is 1. The van der Waals surface area contributed by atoms with E-state index in [0.717, 1.165) is 49.4 Å². The third kappa shape index (κ3) is 3.71. The molecule has 0 radical (unpaired) electrons. The first kappa shape index (κ1) is 15.6. The number of carbonyl (C=O) groups excluding carboxylic acids is 1. The lowest BCUT2D eigenvalue weighted by molar-refractivity contribution is -0.108. The molecule has 0 aliphatic carbocycles. The van der Waals surface area contributed by atoms with Crippen molar-refractivity contribution in [3.05, 3.63) is 59.7 Å². The molecule has 1 unspecified atom stereocenters. The Morgan fingerprint density at radius 1 is 1.00 bits per heavy atom. The summed E-state index contributed by atoms with van der Waals surface area (Å²) in [5.41, 5.74) is 9.97. The number of nitrogens with two attached hydrogens (primary N) is 1. The summed E-state index contributed by atoms with van der Waals surface area (Å²) in [6, 6.07) is 16.3. The Balaban J connectivity index is 1.82. The molecule has 3 rings (SSSR count). The molecule has 4 nitrogen and oxygen atoms in total. The second-order valence-corrected chi connectivity index (χ2v) is 5.81. The molecule has 0 spiro atoms. The number of hydrogen-bond donors (Lipinski definition) is 1. The van der Waals surface area contributed by atoms with E-state index < -0.39 is 0 Å². The Hall–Kier alpha value is -2.33. The van der Waals surface area contributed by atoms with Crippen molar-refractivity contribution in [3.63, 3.8) is 0 Å². The first-order valence-electron chi connectivity index (χ1n) is 7.99. The maximum absolute atomic E-state index is 11.1. The highest BCUT2D eigenvalue weighted by Gasteiger charge is 2.15. The normalized spacial score (nSPS) is 16.1. The quantitative estimate of drug-likeness (QED) is 0.681. The van der Waals surface area contributed by atoms with Gasteiger partial charge in [-0.25, -0.2) is 0 Å². The number of hydrogen-bond acceptors (Lipinski definition) is 4. The third-order valence-electron chi connectivity index (χ3n) is 4.34. The lowest BCUT2D eigenvalue weighted by Crippen LogP contribution is -2.36. The Labute approximate surface area is 136 Å². The van der Waals surface area contributed by atoms with Crippen molar-refractivity contribution in [2.75, 3.05) is 36.9 Å². The van der Waals surface area contributed by atoms with Gasteiger partial charge in [-0.2, -0.15) is 0 Å². The lowest BCUT2D eigenvalue weighted by Gasteiger charge is -2.29. The molecule has 1 aliphatic rings. The van der Waals surface area contributed by atoms with Crippen molar-refractivity contribution in [1.29, 1.82) is 0 Å². The fourth-order valence-corrected chi connectivity index (χ4v) is 3.03. The van der Waals surface area contributed by atoms with E-state index in [2.05, 4.69) is 29.2 Å². The van der Waals surface area contributed by atoms with Crippen molar-refractivity contribution >= 4 is 17.7 Å². The van der Waals surface area contributed by atoms with Crippen LogP contribution in [-0.2, 0) is 9.53 Å². The zero-order valence-electron chi connectivity index (χ0n) is 13.2. The van der Waals surface area contributed by atoms with Gasteiger partial charge >= 0.3 is 0 Å². The summed E-state index contributed by atoms with van der Waals surface area (Å²) in [6.45, 7) is 3.41. The first-order valence-corrected chi connectivity index (χ1v) is 7.99. The molecule has 23 heavy (non-hydrogen) atoms. The van der Waals surface area contributed by atoms with E-state index in [1.807, 2.05) is 24.3 Å². The molecular weight excluding hydrogens is 288 g/mol. The number of carbonyl (C=O) groups is 1.